The van der Waals surface area contributed by atoms with Gasteiger partial charge in [-0.25, -0.2) is 0 Å². The van der Waals surface area contributed by atoms with Crippen LogP contribution in [0, 0.1) is 9.49 Å². The Kier molecular flexibility index (Phi) is 6.02. The summed E-state index contributed by atoms with van der Waals surface area (Å²) in [5, 5.41) is 0.475. The third kappa shape index (κ3) is 4.26. The van der Waals surface area contributed by atoms with Gasteiger partial charge in [-0.1, -0.05) is 25.7 Å². The topological polar surface area (TPSA) is 17.1 Å². The fourth-order valence-corrected chi connectivity index (χ4v) is 4.13. The molecule has 1 aliphatic rings. The van der Waals surface area contributed by atoms with Crippen LogP contribution in [0.5, 0.6) is 0 Å². The number of rotatable bonds is 3. The van der Waals surface area contributed by atoms with Gasteiger partial charge in [-0.2, -0.15) is 0 Å². The number of halogens is 1. The van der Waals surface area contributed by atoms with Crippen molar-refractivity contribution in [2.24, 2.45) is 5.92 Å². The normalized spacial score (nSPS) is 25.2. The Morgan fingerprint density at radius 3 is 2.39 bits per heavy atom. The van der Waals surface area contributed by atoms with Gasteiger partial charge in [0.05, 0.1) is 0 Å². The van der Waals surface area contributed by atoms with Crippen molar-refractivity contribution < 1.29 is 4.79 Å². The van der Waals surface area contributed by atoms with E-state index in [1.807, 2.05) is 11.8 Å². The van der Waals surface area contributed by atoms with Crippen molar-refractivity contribution in [3.05, 3.63) is 27.8 Å². The Labute approximate surface area is 127 Å². The van der Waals surface area contributed by atoms with E-state index in [4.69, 9.17) is 0 Å². The van der Waals surface area contributed by atoms with E-state index in [-0.39, 0.29) is 5.92 Å². The van der Waals surface area contributed by atoms with Crippen LogP contribution in [0.15, 0.2) is 29.2 Å². The summed E-state index contributed by atoms with van der Waals surface area (Å²) in [4.78, 5) is 12.6. The Bertz CT molecular complexity index is 377. The zero-order chi connectivity index (χ0) is 12.8. The molecule has 0 radical (unpaired) electrons. The Morgan fingerprint density at radius 1 is 1.06 bits per heavy atom. The lowest BCUT2D eigenvalue weighted by Crippen LogP contribution is -2.20. The number of carbonyl (C=O) groups excluding carboxylic acids is 1. The van der Waals surface area contributed by atoms with Gasteiger partial charge in [0.15, 0.2) is 0 Å². The molecule has 2 rings (SSSR count). The smallest absolute Gasteiger partial charge is 0.124 e. The summed E-state index contributed by atoms with van der Waals surface area (Å²) in [6, 6.07) is 8.63. The van der Waals surface area contributed by atoms with Crippen LogP contribution in [0.4, 0.5) is 0 Å². The van der Waals surface area contributed by atoms with Crippen LogP contribution >= 0.6 is 34.4 Å². The first-order valence-corrected chi connectivity index (χ1v) is 8.63. The van der Waals surface area contributed by atoms with Crippen molar-refractivity contribution in [1.29, 1.82) is 0 Å². The van der Waals surface area contributed by atoms with E-state index in [0.29, 0.717) is 5.25 Å². The van der Waals surface area contributed by atoms with Gasteiger partial charge >= 0.3 is 0 Å². The van der Waals surface area contributed by atoms with Crippen molar-refractivity contribution in [2.45, 2.75) is 48.7 Å². The summed E-state index contributed by atoms with van der Waals surface area (Å²) < 4.78 is 1.27. The lowest BCUT2D eigenvalue weighted by atomic mass is 9.92. The van der Waals surface area contributed by atoms with E-state index in [9.17, 15) is 4.79 Å². The molecule has 1 saturated carbocycles. The number of benzene rings is 1. The van der Waals surface area contributed by atoms with E-state index in [1.165, 1.54) is 46.9 Å². The second kappa shape index (κ2) is 7.53. The molecule has 1 aliphatic carbocycles. The van der Waals surface area contributed by atoms with Crippen molar-refractivity contribution in [3.63, 3.8) is 0 Å². The second-order valence-corrected chi connectivity index (χ2v) is 7.46. The molecule has 18 heavy (non-hydrogen) atoms. The van der Waals surface area contributed by atoms with Gasteiger partial charge in [-0.15, -0.1) is 11.8 Å². The molecule has 1 nitrogen and oxygen atoms in total. The number of hydrogen-bond acceptors (Lipinski definition) is 2. The first-order chi connectivity index (χ1) is 8.79. The zero-order valence-electron chi connectivity index (χ0n) is 10.5. The van der Waals surface area contributed by atoms with E-state index < -0.39 is 0 Å². The second-order valence-electron chi connectivity index (χ2n) is 4.90. The lowest BCUT2D eigenvalue weighted by Gasteiger charge is -2.24. The van der Waals surface area contributed by atoms with Crippen molar-refractivity contribution in [1.82, 2.24) is 0 Å². The summed E-state index contributed by atoms with van der Waals surface area (Å²) in [6.07, 6.45) is 8.56. The molecule has 2 unspecified atom stereocenters. The van der Waals surface area contributed by atoms with Crippen LogP contribution in [-0.4, -0.2) is 11.5 Å². The zero-order valence-corrected chi connectivity index (χ0v) is 13.5. The Balaban J connectivity index is 2.03. The molecule has 0 N–H and O–H groups in total. The monoisotopic (exact) mass is 374 g/mol. The summed E-state index contributed by atoms with van der Waals surface area (Å²) in [5.74, 6) is 0.245. The maximum atomic E-state index is 11.3. The molecule has 3 heteroatoms. The number of carbonyl (C=O) groups is 1. The average molecular weight is 374 g/mol. The fourth-order valence-electron chi connectivity index (χ4n) is 2.47. The molecular weight excluding hydrogens is 355 g/mol. The summed E-state index contributed by atoms with van der Waals surface area (Å²) in [5.41, 5.74) is 0. The highest BCUT2D eigenvalue weighted by Gasteiger charge is 2.23. The van der Waals surface area contributed by atoms with Crippen LogP contribution < -0.4 is 0 Å². The molecule has 1 fully saturated rings. The first kappa shape index (κ1) is 14.4. The maximum Gasteiger partial charge on any atom is 0.124 e. The average Bonchev–Trinajstić information content (AvgIpc) is 2.36. The number of thioether (sulfide) groups is 1. The molecule has 98 valence electrons. The highest BCUT2D eigenvalue weighted by Crippen LogP contribution is 2.35. The van der Waals surface area contributed by atoms with E-state index >= 15 is 0 Å². The minimum Gasteiger partial charge on any atom is -0.303 e. The molecule has 2 atom stereocenters. The standard InChI is InChI=1S/C15H19IOS/c16-13-7-9-14(10-8-13)18-15-6-4-2-1-3-5-12(15)11-17/h7-12,15H,1-6H2. The van der Waals surface area contributed by atoms with Crippen LogP contribution in [0.3, 0.4) is 0 Å². The molecule has 0 bridgehead atoms. The lowest BCUT2D eigenvalue weighted by molar-refractivity contribution is -0.111. The molecule has 0 amide bonds. The summed E-state index contributed by atoms with van der Waals surface area (Å²) in [6.45, 7) is 0. The van der Waals surface area contributed by atoms with Gasteiger partial charge in [0.2, 0.25) is 0 Å². The third-order valence-electron chi connectivity index (χ3n) is 3.53. The van der Waals surface area contributed by atoms with Crippen LogP contribution in [-0.2, 0) is 4.79 Å². The van der Waals surface area contributed by atoms with Crippen molar-refractivity contribution >= 4 is 40.6 Å². The minimum atomic E-state index is 0.245. The van der Waals surface area contributed by atoms with Gasteiger partial charge in [0, 0.05) is 19.6 Å². The van der Waals surface area contributed by atoms with Gasteiger partial charge in [-0.05, 0) is 59.7 Å². The van der Waals surface area contributed by atoms with Crippen molar-refractivity contribution in [2.75, 3.05) is 0 Å². The highest BCUT2D eigenvalue weighted by atomic mass is 127. The van der Waals surface area contributed by atoms with Crippen LogP contribution in [0.1, 0.15) is 38.5 Å². The molecule has 0 aliphatic heterocycles. The molecule has 1 aromatic rings. The molecule has 0 heterocycles. The highest BCUT2D eigenvalue weighted by molar-refractivity contribution is 14.1. The van der Waals surface area contributed by atoms with E-state index in [2.05, 4.69) is 46.9 Å². The van der Waals surface area contributed by atoms with E-state index in [1.54, 1.807) is 0 Å². The summed E-state index contributed by atoms with van der Waals surface area (Å²) in [7, 11) is 0. The molecule has 0 spiro atoms. The van der Waals surface area contributed by atoms with Gasteiger partial charge < -0.3 is 4.79 Å². The van der Waals surface area contributed by atoms with Crippen LogP contribution in [0.2, 0.25) is 0 Å². The fraction of sp³-hybridized carbons (Fsp3) is 0.533. The van der Waals surface area contributed by atoms with Crippen LogP contribution in [0.25, 0.3) is 0 Å². The molecule has 0 aromatic heterocycles. The predicted octanol–water partition coefficient (Wildman–Crippen LogP) is 4.92. The van der Waals surface area contributed by atoms with Gasteiger partial charge in [0.1, 0.15) is 6.29 Å². The predicted molar refractivity (Wildman–Crippen MR) is 86.1 cm³/mol. The van der Waals surface area contributed by atoms with Crippen molar-refractivity contribution in [3.8, 4) is 0 Å². The molecule has 1 aromatic carbocycles. The number of aldehydes is 1. The molecule has 0 saturated heterocycles. The quantitative estimate of drug-likeness (QED) is 0.552. The maximum absolute atomic E-state index is 11.3. The minimum absolute atomic E-state index is 0.245. The SMILES string of the molecule is O=CC1CCCCCCC1Sc1ccc(I)cc1. The number of hydrogen-bond donors (Lipinski definition) is 0. The molecular formula is C15H19IOS. The summed E-state index contributed by atoms with van der Waals surface area (Å²) >= 11 is 4.22. The first-order valence-electron chi connectivity index (χ1n) is 6.67. The van der Waals surface area contributed by atoms with Gasteiger partial charge in [-0.3, -0.25) is 0 Å². The third-order valence-corrected chi connectivity index (χ3v) is 5.68. The largest absolute Gasteiger partial charge is 0.303 e. The Hall–Kier alpha value is -0.0300. The Morgan fingerprint density at radius 2 is 1.72 bits per heavy atom. The van der Waals surface area contributed by atoms with E-state index in [0.717, 1.165) is 6.42 Å². The van der Waals surface area contributed by atoms with Gasteiger partial charge in [0.25, 0.3) is 0 Å².